The van der Waals surface area contributed by atoms with E-state index in [-0.39, 0.29) is 0 Å². The summed E-state index contributed by atoms with van der Waals surface area (Å²) < 4.78 is 16.4. The van der Waals surface area contributed by atoms with E-state index >= 15 is 0 Å². The molecule has 0 heterocycles. The molecule has 0 fully saturated rings. The largest absolute Gasteiger partial charge is 0.379 e. The van der Waals surface area contributed by atoms with Gasteiger partial charge in [-0.25, -0.2) is 0 Å². The van der Waals surface area contributed by atoms with Crippen molar-refractivity contribution >= 4 is 0 Å². The van der Waals surface area contributed by atoms with Crippen molar-refractivity contribution in [3.8, 4) is 0 Å². The van der Waals surface area contributed by atoms with Crippen molar-refractivity contribution in [2.45, 2.75) is 52.6 Å². The maximum atomic E-state index is 5.48. The first-order chi connectivity index (χ1) is 10.1. The third kappa shape index (κ3) is 19.8. The van der Waals surface area contributed by atoms with E-state index in [9.17, 15) is 0 Å². The van der Waals surface area contributed by atoms with Crippen LogP contribution in [0.25, 0.3) is 0 Å². The fraction of sp³-hybridized carbons (Fsp3) is 1.00. The van der Waals surface area contributed by atoms with Gasteiger partial charge in [0.1, 0.15) is 0 Å². The molecule has 0 saturated heterocycles. The molecule has 0 rings (SSSR count). The summed E-state index contributed by atoms with van der Waals surface area (Å²) in [4.78, 5) is 0. The third-order valence-electron chi connectivity index (χ3n) is 2.78. The molecule has 5 heteroatoms. The lowest BCUT2D eigenvalue weighted by Crippen LogP contribution is -2.24. The van der Waals surface area contributed by atoms with E-state index in [4.69, 9.17) is 14.2 Å². The van der Waals surface area contributed by atoms with Crippen LogP contribution in [-0.2, 0) is 14.2 Å². The zero-order valence-electron chi connectivity index (χ0n) is 14.5. The monoisotopic (exact) mass is 304 g/mol. The van der Waals surface area contributed by atoms with Gasteiger partial charge in [0.2, 0.25) is 0 Å². The molecule has 0 atom stereocenters. The Kier molecular flexibility index (Phi) is 16.0. The van der Waals surface area contributed by atoms with Gasteiger partial charge in [-0.2, -0.15) is 0 Å². The van der Waals surface area contributed by atoms with Crippen LogP contribution in [0.4, 0.5) is 0 Å². The second-order valence-corrected chi connectivity index (χ2v) is 5.76. The zero-order valence-corrected chi connectivity index (χ0v) is 14.5. The Balaban J connectivity index is 2.96. The van der Waals surface area contributed by atoms with E-state index in [2.05, 4.69) is 38.3 Å². The number of ether oxygens (including phenoxy) is 3. The minimum Gasteiger partial charge on any atom is -0.379 e. The van der Waals surface area contributed by atoms with Gasteiger partial charge in [0.15, 0.2) is 0 Å². The maximum Gasteiger partial charge on any atom is 0.0701 e. The molecule has 0 bridgehead atoms. The fourth-order valence-electron chi connectivity index (χ4n) is 1.67. The van der Waals surface area contributed by atoms with Crippen molar-refractivity contribution in [1.29, 1.82) is 0 Å². The molecule has 0 aliphatic rings. The summed E-state index contributed by atoms with van der Waals surface area (Å²) in [5.74, 6) is 0. The van der Waals surface area contributed by atoms with Crippen molar-refractivity contribution < 1.29 is 14.2 Å². The van der Waals surface area contributed by atoms with Crippen LogP contribution in [0.2, 0.25) is 0 Å². The number of hydrogen-bond donors (Lipinski definition) is 2. The minimum absolute atomic E-state index is 0.550. The Labute approximate surface area is 131 Å². The number of nitrogens with one attached hydrogen (secondary N) is 2. The standard InChI is InChI=1S/C16H36N2O3/c1-15(2)17-7-5-9-19-11-13-21-14-12-20-10-6-8-18-16(3)4/h15-18H,5-14H2,1-4H3. The lowest BCUT2D eigenvalue weighted by atomic mass is 10.3. The van der Waals surface area contributed by atoms with Gasteiger partial charge >= 0.3 is 0 Å². The first kappa shape index (κ1) is 20.8. The van der Waals surface area contributed by atoms with Gasteiger partial charge < -0.3 is 24.8 Å². The van der Waals surface area contributed by atoms with E-state index in [1.54, 1.807) is 0 Å². The minimum atomic E-state index is 0.550. The molecule has 0 aromatic carbocycles. The van der Waals surface area contributed by atoms with Crippen LogP contribution in [0.5, 0.6) is 0 Å². The van der Waals surface area contributed by atoms with Crippen LogP contribution in [0.1, 0.15) is 40.5 Å². The molecular weight excluding hydrogens is 268 g/mol. The summed E-state index contributed by atoms with van der Waals surface area (Å²) >= 11 is 0. The van der Waals surface area contributed by atoms with Gasteiger partial charge in [-0.05, 0) is 25.9 Å². The van der Waals surface area contributed by atoms with Crippen molar-refractivity contribution in [3.63, 3.8) is 0 Å². The van der Waals surface area contributed by atoms with Crippen LogP contribution >= 0.6 is 0 Å². The third-order valence-corrected chi connectivity index (χ3v) is 2.78. The van der Waals surface area contributed by atoms with E-state index in [1.807, 2.05) is 0 Å². The molecule has 2 N–H and O–H groups in total. The van der Waals surface area contributed by atoms with Crippen LogP contribution in [-0.4, -0.2) is 64.8 Å². The summed E-state index contributed by atoms with van der Waals surface area (Å²) in [6.45, 7) is 14.8. The van der Waals surface area contributed by atoms with Gasteiger partial charge in [0.05, 0.1) is 26.4 Å². The Hall–Kier alpha value is -0.200. The molecule has 128 valence electrons. The number of rotatable bonds is 16. The molecular formula is C16H36N2O3. The van der Waals surface area contributed by atoms with E-state index < -0.39 is 0 Å². The Morgan fingerprint density at radius 2 is 0.905 bits per heavy atom. The molecule has 0 spiro atoms. The summed E-state index contributed by atoms with van der Waals surface area (Å²) in [7, 11) is 0. The van der Waals surface area contributed by atoms with Crippen molar-refractivity contribution in [2.24, 2.45) is 0 Å². The Morgan fingerprint density at radius 3 is 1.24 bits per heavy atom. The average molecular weight is 304 g/mol. The van der Waals surface area contributed by atoms with Crippen LogP contribution in [0.3, 0.4) is 0 Å². The predicted molar refractivity (Wildman–Crippen MR) is 88.0 cm³/mol. The van der Waals surface area contributed by atoms with Crippen molar-refractivity contribution in [3.05, 3.63) is 0 Å². The molecule has 0 amide bonds. The molecule has 0 saturated carbocycles. The average Bonchev–Trinajstić information content (AvgIpc) is 2.42. The normalized spacial score (nSPS) is 11.7. The first-order valence-electron chi connectivity index (χ1n) is 8.33. The predicted octanol–water partition coefficient (Wildman–Crippen LogP) is 1.81. The molecule has 0 aromatic rings. The first-order valence-corrected chi connectivity index (χ1v) is 8.33. The molecule has 5 nitrogen and oxygen atoms in total. The van der Waals surface area contributed by atoms with Gasteiger partial charge in [-0.1, -0.05) is 27.7 Å². The molecule has 21 heavy (non-hydrogen) atoms. The van der Waals surface area contributed by atoms with E-state index in [1.165, 1.54) is 0 Å². The van der Waals surface area contributed by atoms with Crippen molar-refractivity contribution in [1.82, 2.24) is 10.6 Å². The molecule has 0 aliphatic heterocycles. The molecule has 0 aliphatic carbocycles. The van der Waals surface area contributed by atoms with Crippen molar-refractivity contribution in [2.75, 3.05) is 52.7 Å². The molecule has 0 unspecified atom stereocenters. The van der Waals surface area contributed by atoms with Gasteiger partial charge in [-0.3, -0.25) is 0 Å². The van der Waals surface area contributed by atoms with E-state index in [0.717, 1.165) is 39.1 Å². The highest BCUT2D eigenvalue weighted by Gasteiger charge is 1.95. The zero-order chi connectivity index (χ0) is 15.8. The second-order valence-electron chi connectivity index (χ2n) is 5.76. The molecule has 0 radical (unpaired) electrons. The Morgan fingerprint density at radius 1 is 0.571 bits per heavy atom. The summed E-state index contributed by atoms with van der Waals surface area (Å²) in [5, 5.41) is 6.72. The second kappa shape index (κ2) is 16.2. The van der Waals surface area contributed by atoms with Gasteiger partial charge in [0, 0.05) is 25.3 Å². The summed E-state index contributed by atoms with van der Waals surface area (Å²) in [6, 6.07) is 1.10. The summed E-state index contributed by atoms with van der Waals surface area (Å²) in [5.41, 5.74) is 0. The Bertz CT molecular complexity index is 182. The lowest BCUT2D eigenvalue weighted by molar-refractivity contribution is 0.0138. The lowest BCUT2D eigenvalue weighted by Gasteiger charge is -2.09. The SMILES string of the molecule is CC(C)NCCCOCCOCCOCCCNC(C)C. The van der Waals surface area contributed by atoms with Crippen LogP contribution in [0.15, 0.2) is 0 Å². The topological polar surface area (TPSA) is 51.8 Å². The quantitative estimate of drug-likeness (QED) is 0.426. The maximum absolute atomic E-state index is 5.48. The van der Waals surface area contributed by atoms with Crippen LogP contribution < -0.4 is 10.6 Å². The van der Waals surface area contributed by atoms with Crippen LogP contribution in [0, 0.1) is 0 Å². The smallest absolute Gasteiger partial charge is 0.0701 e. The number of hydrogen-bond acceptors (Lipinski definition) is 5. The summed E-state index contributed by atoms with van der Waals surface area (Å²) in [6.07, 6.45) is 2.09. The highest BCUT2D eigenvalue weighted by atomic mass is 16.5. The highest BCUT2D eigenvalue weighted by Crippen LogP contribution is 1.87. The van der Waals surface area contributed by atoms with E-state index in [0.29, 0.717) is 38.5 Å². The molecule has 0 aromatic heterocycles. The van der Waals surface area contributed by atoms with Gasteiger partial charge in [0.25, 0.3) is 0 Å². The fourth-order valence-corrected chi connectivity index (χ4v) is 1.67. The highest BCUT2D eigenvalue weighted by molar-refractivity contribution is 4.52. The van der Waals surface area contributed by atoms with Gasteiger partial charge in [-0.15, -0.1) is 0 Å².